The van der Waals surface area contributed by atoms with Crippen LogP contribution in [0.2, 0.25) is 0 Å². The molecular weight excluding hydrogens is 284 g/mol. The van der Waals surface area contributed by atoms with E-state index in [9.17, 15) is 4.79 Å². The summed E-state index contributed by atoms with van der Waals surface area (Å²) >= 11 is 1.46. The second kappa shape index (κ2) is 6.36. The lowest BCUT2D eigenvalue weighted by molar-refractivity contribution is -0.151. The molecule has 0 N–H and O–H groups in total. The molecule has 1 aromatic heterocycles. The van der Waals surface area contributed by atoms with Crippen molar-refractivity contribution >= 4 is 17.7 Å². The lowest BCUT2D eigenvalue weighted by atomic mass is 10.0. The van der Waals surface area contributed by atoms with E-state index in [1.165, 1.54) is 24.6 Å². The Labute approximate surface area is 130 Å². The van der Waals surface area contributed by atoms with Gasteiger partial charge in [-0.25, -0.2) is 4.98 Å². The Morgan fingerprint density at radius 1 is 1.38 bits per heavy atom. The Kier molecular flexibility index (Phi) is 4.50. The number of carbonyl (C=O) groups is 1. The van der Waals surface area contributed by atoms with Gasteiger partial charge >= 0.3 is 5.97 Å². The van der Waals surface area contributed by atoms with E-state index in [1.54, 1.807) is 6.20 Å². The van der Waals surface area contributed by atoms with E-state index in [2.05, 4.69) is 16.9 Å². The van der Waals surface area contributed by atoms with Crippen LogP contribution >= 0.6 is 11.8 Å². The third kappa shape index (κ3) is 3.40. The van der Waals surface area contributed by atoms with Gasteiger partial charge in [0.25, 0.3) is 0 Å². The van der Waals surface area contributed by atoms with E-state index in [0.29, 0.717) is 12.1 Å². The summed E-state index contributed by atoms with van der Waals surface area (Å²) in [5.41, 5.74) is 0. The third-order valence-corrected chi connectivity index (χ3v) is 5.63. The molecule has 0 spiro atoms. The summed E-state index contributed by atoms with van der Waals surface area (Å²) < 4.78 is 5.74. The molecule has 3 heterocycles. The van der Waals surface area contributed by atoms with E-state index in [0.717, 1.165) is 17.9 Å². The number of aromatic nitrogens is 1. The molecule has 0 aromatic carbocycles. The zero-order valence-corrected chi connectivity index (χ0v) is 13.4. The number of rotatable bonds is 4. The highest BCUT2D eigenvalue weighted by atomic mass is 32.2. The first-order valence-electron chi connectivity index (χ1n) is 7.63. The van der Waals surface area contributed by atoms with Crippen molar-refractivity contribution in [3.63, 3.8) is 0 Å². The van der Waals surface area contributed by atoms with Gasteiger partial charge in [0, 0.05) is 18.3 Å². The monoisotopic (exact) mass is 306 g/mol. The van der Waals surface area contributed by atoms with Gasteiger partial charge in [0.15, 0.2) is 0 Å². The second-order valence-corrected chi connectivity index (χ2v) is 7.37. The van der Waals surface area contributed by atoms with Crippen LogP contribution in [0.5, 0.6) is 0 Å². The molecule has 5 heteroatoms. The Bertz CT molecular complexity index is 482. The standard InChI is InChI=1S/C16H22N2O2S/c1-11(21-15-5-3-4-8-17-15)16(19)20-14-9-12-6-7-13(10-14)18(12)2/h3-5,8,11-14H,6-7,9-10H2,1-2H3/t11?,12-,13+,14?. The first-order valence-corrected chi connectivity index (χ1v) is 8.51. The minimum Gasteiger partial charge on any atom is -0.461 e. The number of nitrogens with zero attached hydrogens (tertiary/aromatic N) is 2. The van der Waals surface area contributed by atoms with E-state index >= 15 is 0 Å². The van der Waals surface area contributed by atoms with Crippen LogP contribution in [0.25, 0.3) is 0 Å². The van der Waals surface area contributed by atoms with Crippen LogP contribution in [-0.4, -0.2) is 46.3 Å². The molecular formula is C16H22N2O2S. The van der Waals surface area contributed by atoms with Gasteiger partial charge < -0.3 is 9.64 Å². The smallest absolute Gasteiger partial charge is 0.319 e. The number of pyridine rings is 1. The lowest BCUT2D eigenvalue weighted by Gasteiger charge is -2.36. The highest BCUT2D eigenvalue weighted by Gasteiger charge is 2.40. The normalized spacial score (nSPS) is 30.1. The number of carbonyl (C=O) groups excluding carboxylic acids is 1. The predicted octanol–water partition coefficient (Wildman–Crippen LogP) is 2.73. The van der Waals surface area contributed by atoms with Crippen molar-refractivity contribution in [2.75, 3.05) is 7.05 Å². The van der Waals surface area contributed by atoms with Crippen molar-refractivity contribution in [3.05, 3.63) is 24.4 Å². The summed E-state index contributed by atoms with van der Waals surface area (Å²) in [4.78, 5) is 18.9. The minimum absolute atomic E-state index is 0.0954. The van der Waals surface area contributed by atoms with Crippen LogP contribution in [0.15, 0.2) is 29.4 Å². The highest BCUT2D eigenvalue weighted by molar-refractivity contribution is 8.00. The molecule has 0 radical (unpaired) electrons. The van der Waals surface area contributed by atoms with Gasteiger partial charge in [-0.05, 0) is 51.8 Å². The van der Waals surface area contributed by atoms with Crippen molar-refractivity contribution < 1.29 is 9.53 Å². The van der Waals surface area contributed by atoms with Crippen LogP contribution in [0.3, 0.4) is 0 Å². The zero-order chi connectivity index (χ0) is 14.8. The molecule has 2 aliphatic heterocycles. The van der Waals surface area contributed by atoms with Gasteiger partial charge in [-0.15, -0.1) is 0 Å². The summed E-state index contributed by atoms with van der Waals surface area (Å²) in [6.45, 7) is 1.89. The summed E-state index contributed by atoms with van der Waals surface area (Å²) in [5, 5.41) is 0.655. The molecule has 3 rings (SSSR count). The van der Waals surface area contributed by atoms with Crippen molar-refractivity contribution in [2.24, 2.45) is 0 Å². The van der Waals surface area contributed by atoms with E-state index < -0.39 is 0 Å². The largest absolute Gasteiger partial charge is 0.461 e. The summed E-state index contributed by atoms with van der Waals surface area (Å²) in [5.74, 6) is -0.111. The van der Waals surface area contributed by atoms with Gasteiger partial charge in [0.05, 0.1) is 5.03 Å². The fourth-order valence-electron chi connectivity index (χ4n) is 3.36. The summed E-state index contributed by atoms with van der Waals surface area (Å²) in [6, 6.07) is 6.92. The van der Waals surface area contributed by atoms with Crippen LogP contribution in [-0.2, 0) is 9.53 Å². The molecule has 2 unspecified atom stereocenters. The third-order valence-electron chi connectivity index (χ3n) is 4.61. The van der Waals surface area contributed by atoms with Crippen LogP contribution < -0.4 is 0 Å². The Morgan fingerprint density at radius 3 is 2.71 bits per heavy atom. The molecule has 2 fully saturated rings. The fourth-order valence-corrected chi connectivity index (χ4v) is 4.16. The topological polar surface area (TPSA) is 42.4 Å². The van der Waals surface area contributed by atoms with Gasteiger partial charge in [-0.2, -0.15) is 0 Å². The Hall–Kier alpha value is -1.07. The Morgan fingerprint density at radius 2 is 2.10 bits per heavy atom. The van der Waals surface area contributed by atoms with Crippen LogP contribution in [0.1, 0.15) is 32.6 Å². The molecule has 4 atom stereocenters. The highest BCUT2D eigenvalue weighted by Crippen LogP contribution is 2.36. The van der Waals surface area contributed by atoms with Crippen molar-refractivity contribution in [1.29, 1.82) is 0 Å². The SMILES string of the molecule is CC(Sc1ccccn1)C(=O)OC1C[C@H]2CC[C@@H](C1)N2C. The van der Waals surface area contributed by atoms with Crippen LogP contribution in [0, 0.1) is 0 Å². The Balaban J connectivity index is 1.52. The maximum absolute atomic E-state index is 12.2. The molecule has 4 nitrogen and oxygen atoms in total. The molecule has 1 aromatic rings. The number of ether oxygens (including phenoxy) is 1. The maximum atomic E-state index is 12.2. The minimum atomic E-state index is -0.211. The van der Waals surface area contributed by atoms with Gasteiger partial charge in [0.1, 0.15) is 11.4 Å². The number of piperidine rings is 1. The molecule has 2 saturated heterocycles. The lowest BCUT2D eigenvalue weighted by Crippen LogP contribution is -2.44. The molecule has 2 aliphatic rings. The van der Waals surface area contributed by atoms with Crippen molar-refractivity contribution in [2.45, 2.75) is 61.1 Å². The summed E-state index contributed by atoms with van der Waals surface area (Å²) in [7, 11) is 2.19. The average molecular weight is 306 g/mol. The van der Waals surface area contributed by atoms with Crippen molar-refractivity contribution in [1.82, 2.24) is 9.88 Å². The molecule has 0 saturated carbocycles. The fraction of sp³-hybridized carbons (Fsp3) is 0.625. The molecule has 0 amide bonds. The van der Waals surface area contributed by atoms with E-state index in [-0.39, 0.29) is 17.3 Å². The quantitative estimate of drug-likeness (QED) is 0.632. The number of hydrogen-bond acceptors (Lipinski definition) is 5. The van der Waals surface area contributed by atoms with Gasteiger partial charge in [-0.1, -0.05) is 17.8 Å². The number of thioether (sulfide) groups is 1. The first-order chi connectivity index (χ1) is 10.1. The number of esters is 1. The molecule has 2 bridgehead atoms. The predicted molar refractivity (Wildman–Crippen MR) is 83.2 cm³/mol. The zero-order valence-electron chi connectivity index (χ0n) is 12.6. The van der Waals surface area contributed by atoms with Gasteiger partial charge in [-0.3, -0.25) is 4.79 Å². The van der Waals surface area contributed by atoms with E-state index in [4.69, 9.17) is 4.74 Å². The summed E-state index contributed by atoms with van der Waals surface area (Å²) in [6.07, 6.45) is 6.30. The van der Waals surface area contributed by atoms with Gasteiger partial charge in [0.2, 0.25) is 0 Å². The van der Waals surface area contributed by atoms with Crippen LogP contribution in [0.4, 0.5) is 0 Å². The second-order valence-electron chi connectivity index (χ2n) is 6.01. The van der Waals surface area contributed by atoms with Crippen molar-refractivity contribution in [3.8, 4) is 0 Å². The van der Waals surface area contributed by atoms with E-state index in [1.807, 2.05) is 25.1 Å². The molecule has 114 valence electrons. The number of hydrogen-bond donors (Lipinski definition) is 0. The maximum Gasteiger partial charge on any atom is 0.319 e. The number of fused-ring (bicyclic) bond motifs is 2. The average Bonchev–Trinajstić information content (AvgIpc) is 2.71. The molecule has 0 aliphatic carbocycles. The molecule has 21 heavy (non-hydrogen) atoms. The first kappa shape index (κ1) is 14.9.